The number of likely N-dealkylation sites (tertiary alicyclic amines) is 1. The van der Waals surface area contributed by atoms with E-state index < -0.39 is 10.0 Å². The molecule has 2 aromatic carbocycles. The van der Waals surface area contributed by atoms with Crippen LogP contribution in [0.4, 0.5) is 4.79 Å². The van der Waals surface area contributed by atoms with Gasteiger partial charge in [0, 0.05) is 12.6 Å². The lowest BCUT2D eigenvalue weighted by molar-refractivity contribution is 0.0924. The van der Waals surface area contributed by atoms with Crippen molar-refractivity contribution in [2.45, 2.75) is 37.8 Å². The summed E-state index contributed by atoms with van der Waals surface area (Å²) in [6, 6.07) is 17.7. The van der Waals surface area contributed by atoms with Gasteiger partial charge in [0.1, 0.15) is 0 Å². The summed E-state index contributed by atoms with van der Waals surface area (Å²) in [6.45, 7) is 0.940. The fourth-order valence-corrected chi connectivity index (χ4v) is 4.88. The van der Waals surface area contributed by atoms with Crippen molar-refractivity contribution in [3.8, 4) is 11.1 Å². The first-order valence-electron chi connectivity index (χ1n) is 10.4. The van der Waals surface area contributed by atoms with Crippen LogP contribution < -0.4 is 4.72 Å². The number of carbonyl (C=O) groups is 1. The van der Waals surface area contributed by atoms with E-state index in [-0.39, 0.29) is 18.2 Å². The molecule has 2 aromatic rings. The van der Waals surface area contributed by atoms with Crippen LogP contribution in [0.1, 0.15) is 24.8 Å². The van der Waals surface area contributed by atoms with Crippen molar-refractivity contribution in [2.24, 2.45) is 5.92 Å². The number of sulfonamides is 1. The molecule has 0 unspecified atom stereocenters. The topological polar surface area (TPSA) is 75.7 Å². The standard InChI is InChI=1S/C23H28N2O4S/c1-30(27,28)24-21-12-13-25(23(26)29-16-17-10-11-17)22(21)15-18-6-5-9-20(14-18)19-7-3-2-4-8-19/h2-9,14,17,21-22,24H,10-13,15-16H2,1H3/t21-,22-/m0/s1. The van der Waals surface area contributed by atoms with E-state index in [1.165, 1.54) is 0 Å². The maximum absolute atomic E-state index is 12.7. The van der Waals surface area contributed by atoms with Gasteiger partial charge in [0.05, 0.1) is 18.9 Å². The van der Waals surface area contributed by atoms with Crippen molar-refractivity contribution in [1.82, 2.24) is 9.62 Å². The molecule has 1 aliphatic heterocycles. The predicted molar refractivity (Wildman–Crippen MR) is 117 cm³/mol. The fourth-order valence-electron chi connectivity index (χ4n) is 4.05. The van der Waals surface area contributed by atoms with Crippen LogP contribution >= 0.6 is 0 Å². The van der Waals surface area contributed by atoms with Gasteiger partial charge in [-0.15, -0.1) is 0 Å². The third-order valence-corrected chi connectivity index (χ3v) is 6.50. The zero-order chi connectivity index (χ0) is 21.1. The number of ether oxygens (including phenoxy) is 1. The summed E-state index contributed by atoms with van der Waals surface area (Å²) in [5.74, 6) is 0.488. The Balaban J connectivity index is 1.54. The van der Waals surface area contributed by atoms with Crippen molar-refractivity contribution in [1.29, 1.82) is 0 Å². The molecular formula is C23H28N2O4S. The molecule has 0 spiro atoms. The number of hydrogen-bond acceptors (Lipinski definition) is 4. The number of amides is 1. The Morgan fingerprint density at radius 2 is 1.80 bits per heavy atom. The second kappa shape index (κ2) is 8.78. The van der Waals surface area contributed by atoms with Gasteiger partial charge in [-0.05, 0) is 48.3 Å². The first kappa shape index (κ1) is 20.9. The van der Waals surface area contributed by atoms with Gasteiger partial charge >= 0.3 is 6.09 Å². The van der Waals surface area contributed by atoms with Crippen LogP contribution in [0.5, 0.6) is 0 Å². The molecule has 1 saturated heterocycles. The molecule has 1 amide bonds. The van der Waals surface area contributed by atoms with Crippen molar-refractivity contribution in [3.63, 3.8) is 0 Å². The second-order valence-corrected chi connectivity index (χ2v) is 10.1. The highest BCUT2D eigenvalue weighted by atomic mass is 32.2. The molecule has 0 bridgehead atoms. The average Bonchev–Trinajstić information content (AvgIpc) is 3.48. The minimum absolute atomic E-state index is 0.280. The van der Waals surface area contributed by atoms with Crippen molar-refractivity contribution in [3.05, 3.63) is 60.2 Å². The van der Waals surface area contributed by atoms with Crippen molar-refractivity contribution < 1.29 is 17.9 Å². The number of carbonyl (C=O) groups excluding carboxylic acids is 1. The Bertz CT molecular complexity index is 989. The summed E-state index contributed by atoms with van der Waals surface area (Å²) >= 11 is 0. The van der Waals surface area contributed by atoms with Crippen molar-refractivity contribution >= 4 is 16.1 Å². The predicted octanol–water partition coefficient (Wildman–Crippen LogP) is 3.43. The molecule has 0 aromatic heterocycles. The first-order valence-corrected chi connectivity index (χ1v) is 12.3. The van der Waals surface area contributed by atoms with Crippen LogP contribution in [0.3, 0.4) is 0 Å². The van der Waals surface area contributed by atoms with Crippen LogP contribution in [0.15, 0.2) is 54.6 Å². The molecule has 30 heavy (non-hydrogen) atoms. The Labute approximate surface area is 178 Å². The number of nitrogens with zero attached hydrogens (tertiary/aromatic N) is 1. The SMILES string of the molecule is CS(=O)(=O)N[C@H]1CCN(C(=O)OCC2CC2)[C@H]1Cc1cccc(-c2ccccc2)c1. The van der Waals surface area contributed by atoms with Crippen LogP contribution in [0.25, 0.3) is 11.1 Å². The summed E-state index contributed by atoms with van der Waals surface area (Å²) in [7, 11) is -3.38. The quantitative estimate of drug-likeness (QED) is 0.733. The lowest BCUT2D eigenvalue weighted by atomic mass is 9.97. The summed E-state index contributed by atoms with van der Waals surface area (Å²) < 4.78 is 32.0. The molecule has 0 radical (unpaired) electrons. The lowest BCUT2D eigenvalue weighted by Gasteiger charge is -2.28. The number of rotatable bonds is 7. The van der Waals surface area contributed by atoms with Crippen LogP contribution in [0.2, 0.25) is 0 Å². The highest BCUT2D eigenvalue weighted by molar-refractivity contribution is 7.88. The number of nitrogens with one attached hydrogen (secondary N) is 1. The van der Waals surface area contributed by atoms with Crippen LogP contribution in [-0.2, 0) is 21.2 Å². The van der Waals surface area contributed by atoms with E-state index >= 15 is 0 Å². The van der Waals surface area contributed by atoms with E-state index in [4.69, 9.17) is 4.74 Å². The molecular weight excluding hydrogens is 400 g/mol. The summed E-state index contributed by atoms with van der Waals surface area (Å²) in [4.78, 5) is 14.4. The van der Waals surface area contributed by atoms with Gasteiger partial charge in [0.25, 0.3) is 0 Å². The third-order valence-electron chi connectivity index (χ3n) is 5.76. The normalized spacial score (nSPS) is 21.6. The Kier molecular flexibility index (Phi) is 6.11. The largest absolute Gasteiger partial charge is 0.449 e. The van der Waals surface area contributed by atoms with E-state index in [0.717, 1.165) is 35.8 Å². The maximum Gasteiger partial charge on any atom is 0.410 e. The van der Waals surface area contributed by atoms with E-state index in [0.29, 0.717) is 31.9 Å². The molecule has 1 aliphatic carbocycles. The monoisotopic (exact) mass is 428 g/mol. The first-order chi connectivity index (χ1) is 14.4. The molecule has 6 nitrogen and oxygen atoms in total. The third kappa shape index (κ3) is 5.40. The van der Waals surface area contributed by atoms with Gasteiger partial charge in [-0.1, -0.05) is 54.6 Å². The second-order valence-electron chi connectivity index (χ2n) is 8.34. The molecule has 4 rings (SSSR count). The smallest absolute Gasteiger partial charge is 0.410 e. The fraction of sp³-hybridized carbons (Fsp3) is 0.435. The minimum Gasteiger partial charge on any atom is -0.449 e. The van der Waals surface area contributed by atoms with Crippen LogP contribution in [-0.4, -0.2) is 50.9 Å². The maximum atomic E-state index is 12.7. The average molecular weight is 429 g/mol. The van der Waals surface area contributed by atoms with Crippen molar-refractivity contribution in [2.75, 3.05) is 19.4 Å². The number of benzene rings is 2. The van der Waals surface area contributed by atoms with Gasteiger partial charge in [-0.2, -0.15) is 0 Å². The summed E-state index contributed by atoms with van der Waals surface area (Å²) in [5.41, 5.74) is 3.28. The lowest BCUT2D eigenvalue weighted by Crippen LogP contribution is -2.47. The zero-order valence-electron chi connectivity index (χ0n) is 17.2. The summed E-state index contributed by atoms with van der Waals surface area (Å²) in [6.07, 6.45) is 4.18. The van der Waals surface area contributed by atoms with Crippen LogP contribution in [0, 0.1) is 5.92 Å². The molecule has 2 aliphatic rings. The van der Waals surface area contributed by atoms with Gasteiger partial charge < -0.3 is 9.64 Å². The zero-order valence-corrected chi connectivity index (χ0v) is 18.0. The van der Waals surface area contributed by atoms with E-state index in [1.54, 1.807) is 4.90 Å². The Hall–Kier alpha value is -2.38. The van der Waals surface area contributed by atoms with E-state index in [1.807, 2.05) is 30.3 Å². The molecule has 1 N–H and O–H groups in total. The van der Waals surface area contributed by atoms with Gasteiger partial charge in [0.15, 0.2) is 0 Å². The highest BCUT2D eigenvalue weighted by Gasteiger charge is 2.39. The molecule has 7 heteroatoms. The van der Waals surface area contributed by atoms with Gasteiger partial charge in [0.2, 0.25) is 10.0 Å². The molecule has 1 heterocycles. The molecule has 2 atom stereocenters. The Morgan fingerprint density at radius 1 is 1.07 bits per heavy atom. The molecule has 1 saturated carbocycles. The number of hydrogen-bond donors (Lipinski definition) is 1. The Morgan fingerprint density at radius 3 is 2.50 bits per heavy atom. The van der Waals surface area contributed by atoms with Gasteiger partial charge in [-0.3, -0.25) is 0 Å². The molecule has 2 fully saturated rings. The van der Waals surface area contributed by atoms with E-state index in [9.17, 15) is 13.2 Å². The van der Waals surface area contributed by atoms with E-state index in [2.05, 4.69) is 29.0 Å². The molecule has 160 valence electrons. The van der Waals surface area contributed by atoms with Gasteiger partial charge in [-0.25, -0.2) is 17.9 Å². The minimum atomic E-state index is -3.38. The highest BCUT2D eigenvalue weighted by Crippen LogP contribution is 2.30. The summed E-state index contributed by atoms with van der Waals surface area (Å²) in [5, 5.41) is 0.